The van der Waals surface area contributed by atoms with Crippen LogP contribution in [0.15, 0.2) is 17.1 Å². The van der Waals surface area contributed by atoms with Crippen LogP contribution in [0.5, 0.6) is 0 Å². The highest BCUT2D eigenvalue weighted by Gasteiger charge is 2.15. The molecule has 0 saturated heterocycles. The van der Waals surface area contributed by atoms with Gasteiger partial charge in [-0.25, -0.2) is 4.99 Å². The Balaban J connectivity index is 2.12. The van der Waals surface area contributed by atoms with Gasteiger partial charge in [-0.2, -0.15) is 0 Å². The zero-order valence-corrected chi connectivity index (χ0v) is 11.9. The molecule has 0 bridgehead atoms. The van der Waals surface area contributed by atoms with E-state index in [1.807, 2.05) is 6.92 Å². The number of hydrogen-bond donors (Lipinski definition) is 3. The number of nitrogens with two attached hydrogens (primary N) is 1. The van der Waals surface area contributed by atoms with Gasteiger partial charge in [0.1, 0.15) is 0 Å². The van der Waals surface area contributed by atoms with E-state index < -0.39 is 0 Å². The second kappa shape index (κ2) is 8.56. The van der Waals surface area contributed by atoms with Crippen LogP contribution in [-0.2, 0) is 4.79 Å². The monoisotopic (exact) mass is 266 g/mol. The van der Waals surface area contributed by atoms with Gasteiger partial charge in [0.05, 0.1) is 6.54 Å². The zero-order valence-electron chi connectivity index (χ0n) is 11.9. The van der Waals surface area contributed by atoms with Crippen LogP contribution in [0.1, 0.15) is 45.4 Å². The summed E-state index contributed by atoms with van der Waals surface area (Å²) in [5, 5.41) is 6.00. The molecule has 5 heteroatoms. The largest absolute Gasteiger partial charge is 0.370 e. The molecular weight excluding hydrogens is 240 g/mol. The highest BCUT2D eigenvalue weighted by Crippen LogP contribution is 2.17. The molecule has 0 aromatic carbocycles. The molecule has 1 rings (SSSR count). The smallest absolute Gasteiger partial charge is 0.221 e. The third-order valence-electron chi connectivity index (χ3n) is 3.15. The number of guanidine groups is 1. The summed E-state index contributed by atoms with van der Waals surface area (Å²) in [6.07, 6.45) is 6.40. The van der Waals surface area contributed by atoms with Gasteiger partial charge in [0.15, 0.2) is 5.96 Å². The molecule has 108 valence electrons. The van der Waals surface area contributed by atoms with Crippen molar-refractivity contribution in [1.82, 2.24) is 10.6 Å². The molecule has 1 amide bonds. The van der Waals surface area contributed by atoms with Gasteiger partial charge in [-0.3, -0.25) is 4.79 Å². The topological polar surface area (TPSA) is 79.5 Å². The Morgan fingerprint density at radius 1 is 1.37 bits per heavy atom. The lowest BCUT2D eigenvalue weighted by Gasteiger charge is -2.22. The predicted octanol–water partition coefficient (Wildman–Crippen LogP) is 1.31. The fourth-order valence-electron chi connectivity index (χ4n) is 2.13. The number of amides is 1. The molecule has 0 radical (unpaired) electrons. The molecular formula is C14H26N4O. The minimum Gasteiger partial charge on any atom is -0.370 e. The number of nitrogens with zero attached hydrogens (tertiary/aromatic N) is 1. The predicted molar refractivity (Wildman–Crippen MR) is 78.9 cm³/mol. The molecule has 1 aliphatic carbocycles. The molecule has 5 nitrogen and oxygen atoms in total. The lowest BCUT2D eigenvalue weighted by molar-refractivity contribution is -0.121. The van der Waals surface area contributed by atoms with E-state index in [9.17, 15) is 4.79 Å². The minimum absolute atomic E-state index is 0.0899. The number of carbonyl (C=O) groups excluding carboxylic acids is 1. The SMILES string of the molecule is C=C(C)CN=C(N)NCCC(=O)NC1CCCCC1. The van der Waals surface area contributed by atoms with E-state index >= 15 is 0 Å². The van der Waals surface area contributed by atoms with Crippen LogP contribution >= 0.6 is 0 Å². The lowest BCUT2D eigenvalue weighted by atomic mass is 9.95. The maximum atomic E-state index is 11.7. The van der Waals surface area contributed by atoms with Gasteiger partial charge < -0.3 is 16.4 Å². The van der Waals surface area contributed by atoms with E-state index in [0.29, 0.717) is 31.5 Å². The highest BCUT2D eigenvalue weighted by atomic mass is 16.1. The summed E-state index contributed by atoms with van der Waals surface area (Å²) in [6.45, 7) is 6.68. The van der Waals surface area contributed by atoms with Crippen molar-refractivity contribution in [2.75, 3.05) is 13.1 Å². The van der Waals surface area contributed by atoms with E-state index in [-0.39, 0.29) is 5.91 Å². The van der Waals surface area contributed by atoms with Crippen LogP contribution in [0.2, 0.25) is 0 Å². The van der Waals surface area contributed by atoms with Gasteiger partial charge in [-0.15, -0.1) is 0 Å². The van der Waals surface area contributed by atoms with Gasteiger partial charge >= 0.3 is 0 Å². The van der Waals surface area contributed by atoms with E-state index in [1.54, 1.807) is 0 Å². The Morgan fingerprint density at radius 2 is 2.05 bits per heavy atom. The van der Waals surface area contributed by atoms with Crippen LogP contribution in [0.25, 0.3) is 0 Å². The van der Waals surface area contributed by atoms with Crippen molar-refractivity contribution in [2.24, 2.45) is 10.7 Å². The van der Waals surface area contributed by atoms with Crippen LogP contribution in [0, 0.1) is 0 Å². The van der Waals surface area contributed by atoms with Gasteiger partial charge in [-0.1, -0.05) is 31.4 Å². The van der Waals surface area contributed by atoms with Crippen molar-refractivity contribution >= 4 is 11.9 Å². The standard InChI is InChI=1S/C14H26N4O/c1-11(2)10-17-14(15)16-9-8-13(19)18-12-6-4-3-5-7-12/h12H,1,3-10H2,2H3,(H,18,19)(H3,15,16,17). The Kier molecular flexibility index (Phi) is 7.00. The number of rotatable bonds is 6. The van der Waals surface area contributed by atoms with E-state index in [2.05, 4.69) is 22.2 Å². The van der Waals surface area contributed by atoms with Crippen molar-refractivity contribution in [3.05, 3.63) is 12.2 Å². The fourth-order valence-corrected chi connectivity index (χ4v) is 2.13. The summed E-state index contributed by atoms with van der Waals surface area (Å²) in [4.78, 5) is 15.8. The third-order valence-corrected chi connectivity index (χ3v) is 3.15. The van der Waals surface area contributed by atoms with Crippen molar-refractivity contribution in [2.45, 2.75) is 51.5 Å². The quantitative estimate of drug-likeness (QED) is 0.385. The van der Waals surface area contributed by atoms with Crippen molar-refractivity contribution in [1.29, 1.82) is 0 Å². The minimum atomic E-state index is 0.0899. The lowest BCUT2D eigenvalue weighted by Crippen LogP contribution is -2.39. The van der Waals surface area contributed by atoms with Crippen molar-refractivity contribution in [3.8, 4) is 0 Å². The second-order valence-corrected chi connectivity index (χ2v) is 5.24. The van der Waals surface area contributed by atoms with Gasteiger partial charge in [0.25, 0.3) is 0 Å². The first kappa shape index (κ1) is 15.5. The molecule has 0 heterocycles. The molecule has 0 aromatic heterocycles. The Hall–Kier alpha value is -1.52. The average molecular weight is 266 g/mol. The summed E-state index contributed by atoms with van der Waals surface area (Å²) in [5.74, 6) is 0.459. The molecule has 19 heavy (non-hydrogen) atoms. The second-order valence-electron chi connectivity index (χ2n) is 5.24. The first-order valence-electron chi connectivity index (χ1n) is 7.05. The Bertz CT molecular complexity index is 332. The van der Waals surface area contributed by atoms with Crippen molar-refractivity contribution < 1.29 is 4.79 Å². The third kappa shape index (κ3) is 7.49. The zero-order chi connectivity index (χ0) is 14.1. The summed E-state index contributed by atoms with van der Waals surface area (Å²) < 4.78 is 0. The van der Waals surface area contributed by atoms with Gasteiger partial charge in [0.2, 0.25) is 5.91 Å². The molecule has 1 aliphatic rings. The molecule has 0 atom stereocenters. The van der Waals surface area contributed by atoms with Crippen LogP contribution in [-0.4, -0.2) is 31.0 Å². The molecule has 4 N–H and O–H groups in total. The first-order chi connectivity index (χ1) is 9.08. The summed E-state index contributed by atoms with van der Waals surface area (Å²) >= 11 is 0. The molecule has 1 fully saturated rings. The molecule has 1 saturated carbocycles. The highest BCUT2D eigenvalue weighted by molar-refractivity contribution is 5.80. The molecule has 0 spiro atoms. The van der Waals surface area contributed by atoms with Crippen LogP contribution in [0.4, 0.5) is 0 Å². The fraction of sp³-hybridized carbons (Fsp3) is 0.714. The summed E-state index contributed by atoms with van der Waals surface area (Å²) in [5.41, 5.74) is 6.62. The van der Waals surface area contributed by atoms with E-state index in [1.165, 1.54) is 19.3 Å². The summed E-state index contributed by atoms with van der Waals surface area (Å²) in [7, 11) is 0. The molecule has 0 aromatic rings. The van der Waals surface area contributed by atoms with Crippen LogP contribution < -0.4 is 16.4 Å². The molecule has 0 aliphatic heterocycles. The number of carbonyl (C=O) groups is 1. The number of hydrogen-bond acceptors (Lipinski definition) is 2. The van der Waals surface area contributed by atoms with Gasteiger partial charge in [-0.05, 0) is 19.8 Å². The summed E-state index contributed by atoms with van der Waals surface area (Å²) in [6, 6.07) is 0.371. The number of aliphatic imine (C=N–C) groups is 1. The molecule has 0 unspecified atom stereocenters. The maximum Gasteiger partial charge on any atom is 0.221 e. The van der Waals surface area contributed by atoms with Crippen LogP contribution in [0.3, 0.4) is 0 Å². The average Bonchev–Trinajstić information content (AvgIpc) is 2.37. The van der Waals surface area contributed by atoms with E-state index in [0.717, 1.165) is 18.4 Å². The first-order valence-corrected chi connectivity index (χ1v) is 7.05. The van der Waals surface area contributed by atoms with Crippen molar-refractivity contribution in [3.63, 3.8) is 0 Å². The van der Waals surface area contributed by atoms with E-state index in [4.69, 9.17) is 5.73 Å². The normalized spacial score (nSPS) is 17.0. The maximum absolute atomic E-state index is 11.7. The Labute approximate surface area is 115 Å². The van der Waals surface area contributed by atoms with Gasteiger partial charge in [0, 0.05) is 19.0 Å². The number of nitrogens with one attached hydrogen (secondary N) is 2. The Morgan fingerprint density at radius 3 is 2.68 bits per heavy atom.